The molecule has 4 N–H and O–H groups in total. The van der Waals surface area contributed by atoms with Gasteiger partial charge in [0.15, 0.2) is 11.9 Å². The van der Waals surface area contributed by atoms with Crippen molar-refractivity contribution in [2.75, 3.05) is 19.5 Å². The minimum atomic E-state index is -3.43. The van der Waals surface area contributed by atoms with Gasteiger partial charge in [0.1, 0.15) is 35.3 Å². The molecule has 6 atom stereocenters. The summed E-state index contributed by atoms with van der Waals surface area (Å²) in [7, 11) is 1.48. The van der Waals surface area contributed by atoms with E-state index in [0.717, 1.165) is 0 Å². The van der Waals surface area contributed by atoms with Gasteiger partial charge in [-0.15, -0.1) is 0 Å². The van der Waals surface area contributed by atoms with Gasteiger partial charge in [-0.2, -0.15) is 0 Å². The topological polar surface area (TPSA) is 139 Å². The van der Waals surface area contributed by atoms with Crippen LogP contribution in [0.25, 0.3) is 11.0 Å². The minimum absolute atomic E-state index is 0.332. The zero-order valence-electron chi connectivity index (χ0n) is 22.8. The first-order chi connectivity index (χ1) is 18.8. The van der Waals surface area contributed by atoms with Crippen LogP contribution in [-0.4, -0.2) is 64.4 Å². The number of nitrogens with two attached hydrogens (primary N) is 1. The summed E-state index contributed by atoms with van der Waals surface area (Å²) in [5.41, 5.74) is 5.08. The van der Waals surface area contributed by atoms with Gasteiger partial charge >= 0.3 is 12.6 Å². The van der Waals surface area contributed by atoms with Crippen molar-refractivity contribution in [1.29, 1.82) is 0 Å². The zero-order chi connectivity index (χ0) is 29.2. The number of esters is 1. The Morgan fingerprint density at radius 2 is 2.02 bits per heavy atom. The maximum atomic E-state index is 16.0. The molecule has 2 heterocycles. The van der Waals surface area contributed by atoms with Crippen LogP contribution in [0.1, 0.15) is 33.9 Å². The molecule has 4 rings (SSSR count). The lowest BCUT2D eigenvalue weighted by Crippen LogP contribution is -2.41. The second-order valence-corrected chi connectivity index (χ2v) is 13.0. The highest BCUT2D eigenvalue weighted by atomic mass is 32.5. The fourth-order valence-electron chi connectivity index (χ4n) is 4.32. The van der Waals surface area contributed by atoms with E-state index in [2.05, 4.69) is 10.1 Å². The molecule has 218 valence electrons. The van der Waals surface area contributed by atoms with E-state index in [-0.39, 0.29) is 12.7 Å². The number of ether oxygens (including phenoxy) is 3. The third-order valence-electron chi connectivity index (χ3n) is 6.29. The Morgan fingerprint density at radius 1 is 1.32 bits per heavy atom. The maximum Gasteiger partial charge on any atom is 0.323 e. The number of para-hydroxylation sites is 1. The molecule has 0 bridgehead atoms. The summed E-state index contributed by atoms with van der Waals surface area (Å²) in [6.07, 6.45) is -2.93. The average Bonchev–Trinajstić information content (AvgIpc) is 3.40. The number of nitrogens with one attached hydrogen (secondary N) is 1. The van der Waals surface area contributed by atoms with Crippen molar-refractivity contribution in [2.24, 2.45) is 0 Å². The Bertz CT molecular complexity index is 1390. The zero-order valence-corrected chi connectivity index (χ0v) is 24.5. The monoisotopic (exact) mass is 596 g/mol. The number of methoxy groups -OCH3 is 1. The number of aliphatic hydroxyl groups excluding tert-OH is 1. The fourth-order valence-corrected chi connectivity index (χ4v) is 6.74. The largest absolute Gasteiger partial charge is 0.494 e. The molecule has 4 unspecified atom stereocenters. The number of benzene rings is 2. The van der Waals surface area contributed by atoms with E-state index >= 15 is 4.39 Å². The number of rotatable bonds is 11. The van der Waals surface area contributed by atoms with Crippen LogP contribution >= 0.6 is 6.64 Å². The van der Waals surface area contributed by atoms with E-state index in [4.69, 9.17) is 40.8 Å². The number of fused-ring (bicyclic) bond motifs is 1. The van der Waals surface area contributed by atoms with Crippen LogP contribution in [0.4, 0.5) is 10.1 Å². The van der Waals surface area contributed by atoms with E-state index < -0.39 is 42.8 Å². The van der Waals surface area contributed by atoms with E-state index in [1.807, 2.05) is 0 Å². The van der Waals surface area contributed by atoms with Gasteiger partial charge in [0.05, 0.1) is 31.7 Å². The van der Waals surface area contributed by atoms with Gasteiger partial charge in [0.25, 0.3) is 0 Å². The van der Waals surface area contributed by atoms with Crippen molar-refractivity contribution < 1.29 is 37.5 Å². The Morgan fingerprint density at radius 3 is 2.67 bits per heavy atom. The van der Waals surface area contributed by atoms with E-state index in [9.17, 15) is 9.90 Å². The molecule has 40 heavy (non-hydrogen) atoms. The molecule has 0 radical (unpaired) electrons. The maximum absolute atomic E-state index is 16.0. The highest BCUT2D eigenvalue weighted by molar-refractivity contribution is 8.09. The van der Waals surface area contributed by atoms with Crippen molar-refractivity contribution in [1.82, 2.24) is 14.6 Å². The van der Waals surface area contributed by atoms with Crippen molar-refractivity contribution in [3.05, 3.63) is 48.8 Å². The van der Waals surface area contributed by atoms with Gasteiger partial charge in [-0.1, -0.05) is 18.2 Å². The van der Waals surface area contributed by atoms with Gasteiger partial charge in [-0.05, 0) is 57.7 Å². The van der Waals surface area contributed by atoms with Crippen molar-refractivity contribution in [2.45, 2.75) is 63.9 Å². The van der Waals surface area contributed by atoms with Crippen LogP contribution < -0.4 is 20.1 Å². The number of carbonyl (C=O) groups excluding carboxylic acids is 1. The smallest absolute Gasteiger partial charge is 0.323 e. The Kier molecular flexibility index (Phi) is 9.03. The van der Waals surface area contributed by atoms with Crippen LogP contribution in [0.15, 0.2) is 48.8 Å². The normalized spacial score (nSPS) is 25.1. The molecule has 1 aromatic heterocycles. The van der Waals surface area contributed by atoms with Crippen LogP contribution in [0, 0.1) is 0 Å². The lowest BCUT2D eigenvalue weighted by molar-refractivity contribution is -0.149. The molecular formula is C26H34FN4O7PS. The van der Waals surface area contributed by atoms with Gasteiger partial charge in [-0.3, -0.25) is 4.79 Å². The lowest BCUT2D eigenvalue weighted by Gasteiger charge is -2.28. The van der Waals surface area contributed by atoms with E-state index in [1.165, 1.54) is 24.9 Å². The minimum Gasteiger partial charge on any atom is -0.494 e. The van der Waals surface area contributed by atoms with Crippen molar-refractivity contribution in [3.63, 3.8) is 0 Å². The Labute approximate surface area is 236 Å². The van der Waals surface area contributed by atoms with Crippen LogP contribution in [0.3, 0.4) is 0 Å². The second-order valence-electron chi connectivity index (χ2n) is 9.90. The highest BCUT2D eigenvalue weighted by Gasteiger charge is 2.55. The number of imidazole rings is 1. The number of anilines is 1. The van der Waals surface area contributed by atoms with Gasteiger partial charge < -0.3 is 38.7 Å². The predicted molar refractivity (Wildman–Crippen MR) is 151 cm³/mol. The summed E-state index contributed by atoms with van der Waals surface area (Å²) >= 11 is 5.71. The molecule has 0 spiro atoms. The number of hydrogen-bond donors (Lipinski definition) is 3. The number of carbonyl (C=O) groups is 1. The molecule has 14 heteroatoms. The van der Waals surface area contributed by atoms with Gasteiger partial charge in [0.2, 0.25) is 0 Å². The second kappa shape index (κ2) is 12.0. The summed E-state index contributed by atoms with van der Waals surface area (Å²) in [5, 5.41) is 13.9. The summed E-state index contributed by atoms with van der Waals surface area (Å²) in [4.78, 5) is 16.8. The SMILES string of the molecule is COc1cc(N)cc2c1ncn2[C@@H]1O[C@H](COP(=S)(NC(C)C(=O)OC(C)C)Oc2ccccc2)C(O)C1(C)F. The molecule has 1 aliphatic heterocycles. The summed E-state index contributed by atoms with van der Waals surface area (Å²) in [6, 6.07) is 11.0. The summed E-state index contributed by atoms with van der Waals surface area (Å²) < 4.78 is 46.1. The third kappa shape index (κ3) is 6.40. The van der Waals surface area contributed by atoms with Gasteiger partial charge in [-0.25, -0.2) is 14.5 Å². The molecule has 0 aliphatic carbocycles. The lowest BCUT2D eigenvalue weighted by atomic mass is 9.98. The molecule has 0 saturated carbocycles. The first-order valence-electron chi connectivity index (χ1n) is 12.6. The molecule has 11 nitrogen and oxygen atoms in total. The number of alkyl halides is 1. The highest BCUT2D eigenvalue weighted by Crippen LogP contribution is 2.48. The number of hydrogen-bond acceptors (Lipinski definition) is 10. The number of nitrogen functional groups attached to an aromatic ring is 1. The van der Waals surface area contributed by atoms with Crippen molar-refractivity contribution in [3.8, 4) is 11.5 Å². The molecule has 1 aliphatic rings. The fraction of sp³-hybridized carbons (Fsp3) is 0.462. The molecule has 3 aromatic rings. The number of nitrogens with zero attached hydrogens (tertiary/aromatic N) is 2. The van der Waals surface area contributed by atoms with Gasteiger partial charge in [0, 0.05) is 11.8 Å². The third-order valence-corrected chi connectivity index (χ3v) is 8.79. The Hall–Kier alpha value is -2.80. The predicted octanol–water partition coefficient (Wildman–Crippen LogP) is 3.86. The van der Waals surface area contributed by atoms with Crippen LogP contribution in [0.5, 0.6) is 11.5 Å². The molecule has 1 saturated heterocycles. The van der Waals surface area contributed by atoms with Crippen LogP contribution in [0.2, 0.25) is 0 Å². The average molecular weight is 597 g/mol. The Balaban J connectivity index is 1.56. The first kappa shape index (κ1) is 30.2. The quantitative estimate of drug-likeness (QED) is 0.169. The molecular weight excluding hydrogens is 562 g/mol. The molecule has 0 amide bonds. The van der Waals surface area contributed by atoms with E-state index in [0.29, 0.717) is 28.2 Å². The summed E-state index contributed by atoms with van der Waals surface area (Å²) in [6.45, 7) is 2.50. The number of aliphatic hydroxyl groups is 1. The first-order valence-corrected chi connectivity index (χ1v) is 15.3. The van der Waals surface area contributed by atoms with E-state index in [1.54, 1.807) is 63.2 Å². The van der Waals surface area contributed by atoms with Crippen LogP contribution in [-0.2, 0) is 30.6 Å². The number of aromatic nitrogens is 2. The molecule has 2 aromatic carbocycles. The summed E-state index contributed by atoms with van der Waals surface area (Å²) in [5.74, 6) is 0.280. The molecule has 1 fully saturated rings. The standard InChI is InChI=1S/C26H34FN4O7PS/c1-15(2)36-24(33)16(3)30-39(40,38-18-9-7-6-8-10-18)35-13-21-23(32)26(4,27)25(37-21)31-14-29-22-19(31)11-17(28)12-20(22)34-5/h6-12,14-16,21,23,25,32H,13,28H2,1-5H3,(H,30,40)/t16?,21-,23?,25-,26?,39?/m1/s1. The van der Waals surface area contributed by atoms with Crippen molar-refractivity contribution >= 4 is 41.1 Å². The number of halogens is 1.